The third kappa shape index (κ3) is 2.57. The first-order valence-corrected chi connectivity index (χ1v) is 8.72. The van der Waals surface area contributed by atoms with Crippen molar-refractivity contribution in [1.29, 1.82) is 0 Å². The van der Waals surface area contributed by atoms with Crippen LogP contribution in [0.3, 0.4) is 0 Å². The monoisotopic (exact) mass is 374 g/mol. The molecular weight excluding hydrogens is 356 g/mol. The zero-order valence-electron chi connectivity index (χ0n) is 14.4. The van der Waals surface area contributed by atoms with E-state index in [2.05, 4.69) is 0 Å². The summed E-state index contributed by atoms with van der Waals surface area (Å²) in [6.45, 7) is 1.89. The maximum absolute atomic E-state index is 13.1. The molecule has 0 spiro atoms. The number of carbonyl (C=O) groups is 3. The molecule has 136 valence electrons. The number of aliphatic hydroxyl groups is 1. The second-order valence-corrected chi connectivity index (χ2v) is 6.73. The Hall–Kier alpha value is -2.44. The number of piperidine rings is 1. The highest BCUT2D eigenvalue weighted by Gasteiger charge is 2.62. The number of Topliss-reactive ketones (excluding diaryl/α,β-unsaturated/α-hetero) is 1. The molecule has 1 aliphatic carbocycles. The van der Waals surface area contributed by atoms with Crippen LogP contribution in [0, 0.1) is 5.92 Å². The largest absolute Gasteiger partial charge is 0.366 e. The molecule has 6 nitrogen and oxygen atoms in total. The fourth-order valence-corrected chi connectivity index (χ4v) is 3.70. The summed E-state index contributed by atoms with van der Waals surface area (Å²) in [5.41, 5.74) is -1.94. The van der Waals surface area contributed by atoms with Crippen LogP contribution in [0.15, 0.2) is 54.3 Å². The molecule has 0 saturated carbocycles. The Labute approximate surface area is 156 Å². The molecule has 1 aliphatic heterocycles. The summed E-state index contributed by atoms with van der Waals surface area (Å²) >= 11 is 6.24. The SMILES string of the molecule is CCN(C(=O)C1(O)C(=O)C2C(=CC=CC2Cl)N(C)C1=O)c1ccccc1. The second kappa shape index (κ2) is 6.70. The number of para-hydroxylation sites is 1. The summed E-state index contributed by atoms with van der Waals surface area (Å²) in [5.74, 6) is -3.79. The van der Waals surface area contributed by atoms with Gasteiger partial charge in [0, 0.05) is 25.0 Å². The van der Waals surface area contributed by atoms with E-state index in [9.17, 15) is 19.5 Å². The van der Waals surface area contributed by atoms with Gasteiger partial charge in [-0.3, -0.25) is 14.4 Å². The number of likely N-dealkylation sites (N-methyl/N-ethyl adjacent to an activating group) is 2. The van der Waals surface area contributed by atoms with Crippen molar-refractivity contribution in [2.75, 3.05) is 18.5 Å². The number of hydrogen-bond donors (Lipinski definition) is 1. The Morgan fingerprint density at radius 2 is 1.96 bits per heavy atom. The first-order valence-electron chi connectivity index (χ1n) is 8.28. The average Bonchev–Trinajstić information content (AvgIpc) is 2.65. The zero-order chi connectivity index (χ0) is 19.1. The minimum absolute atomic E-state index is 0.188. The molecule has 1 heterocycles. The van der Waals surface area contributed by atoms with Gasteiger partial charge in [-0.1, -0.05) is 30.4 Å². The van der Waals surface area contributed by atoms with Gasteiger partial charge in [0.15, 0.2) is 5.78 Å². The van der Waals surface area contributed by atoms with Crippen LogP contribution in [0.25, 0.3) is 0 Å². The number of likely N-dealkylation sites (tertiary alicyclic amines) is 1. The topological polar surface area (TPSA) is 77.9 Å². The summed E-state index contributed by atoms with van der Waals surface area (Å²) in [7, 11) is 1.42. The van der Waals surface area contributed by atoms with Gasteiger partial charge in [0.1, 0.15) is 0 Å². The lowest BCUT2D eigenvalue weighted by molar-refractivity contribution is -0.169. The number of allylic oxidation sites excluding steroid dienone is 4. The van der Waals surface area contributed by atoms with Crippen molar-refractivity contribution in [2.45, 2.75) is 17.9 Å². The highest BCUT2D eigenvalue weighted by atomic mass is 35.5. The lowest BCUT2D eigenvalue weighted by atomic mass is 9.77. The van der Waals surface area contributed by atoms with E-state index >= 15 is 0 Å². The van der Waals surface area contributed by atoms with E-state index in [1.807, 2.05) is 0 Å². The number of anilines is 1. The predicted molar refractivity (Wildman–Crippen MR) is 97.5 cm³/mol. The van der Waals surface area contributed by atoms with Crippen LogP contribution in [0.1, 0.15) is 6.92 Å². The number of benzene rings is 1. The summed E-state index contributed by atoms with van der Waals surface area (Å²) < 4.78 is 0. The molecule has 1 fully saturated rings. The van der Waals surface area contributed by atoms with E-state index in [1.165, 1.54) is 11.9 Å². The van der Waals surface area contributed by atoms with Gasteiger partial charge in [-0.25, -0.2) is 0 Å². The van der Waals surface area contributed by atoms with Gasteiger partial charge < -0.3 is 14.9 Å². The average molecular weight is 375 g/mol. The molecule has 26 heavy (non-hydrogen) atoms. The number of rotatable bonds is 3. The normalized spacial score (nSPS) is 27.8. The third-order valence-corrected chi connectivity index (χ3v) is 5.18. The van der Waals surface area contributed by atoms with Crippen molar-refractivity contribution in [2.24, 2.45) is 5.92 Å². The van der Waals surface area contributed by atoms with E-state index < -0.39 is 34.5 Å². The Morgan fingerprint density at radius 3 is 2.58 bits per heavy atom. The molecule has 1 N–H and O–H groups in total. The van der Waals surface area contributed by atoms with Crippen LogP contribution in [0.4, 0.5) is 5.69 Å². The number of nitrogens with zero attached hydrogens (tertiary/aromatic N) is 2. The summed E-state index contributed by atoms with van der Waals surface area (Å²) in [5, 5.41) is 10.3. The van der Waals surface area contributed by atoms with E-state index in [-0.39, 0.29) is 6.54 Å². The van der Waals surface area contributed by atoms with Crippen molar-refractivity contribution in [3.63, 3.8) is 0 Å². The smallest absolute Gasteiger partial charge is 0.282 e. The van der Waals surface area contributed by atoms with Gasteiger partial charge in [0.05, 0.1) is 11.3 Å². The van der Waals surface area contributed by atoms with Crippen LogP contribution in [0.5, 0.6) is 0 Å². The van der Waals surface area contributed by atoms with Gasteiger partial charge in [0.2, 0.25) is 0 Å². The number of ketones is 1. The molecule has 2 aliphatic rings. The molecule has 0 radical (unpaired) electrons. The van der Waals surface area contributed by atoms with Gasteiger partial charge in [-0.15, -0.1) is 11.6 Å². The van der Waals surface area contributed by atoms with E-state index in [0.717, 1.165) is 4.90 Å². The number of amides is 2. The van der Waals surface area contributed by atoms with E-state index in [4.69, 9.17) is 11.6 Å². The van der Waals surface area contributed by atoms with Crippen molar-refractivity contribution >= 4 is 34.9 Å². The molecule has 3 unspecified atom stereocenters. The Morgan fingerprint density at radius 1 is 1.31 bits per heavy atom. The van der Waals surface area contributed by atoms with E-state index in [0.29, 0.717) is 11.4 Å². The second-order valence-electron chi connectivity index (χ2n) is 6.22. The Balaban J connectivity index is 2.06. The summed E-state index contributed by atoms with van der Waals surface area (Å²) in [4.78, 5) is 41.3. The molecule has 1 saturated heterocycles. The molecule has 7 heteroatoms. The van der Waals surface area contributed by atoms with Crippen molar-refractivity contribution < 1.29 is 19.5 Å². The number of hydrogen-bond acceptors (Lipinski definition) is 4. The van der Waals surface area contributed by atoms with Crippen LogP contribution < -0.4 is 4.90 Å². The molecule has 1 aromatic carbocycles. The maximum atomic E-state index is 13.1. The van der Waals surface area contributed by atoms with Crippen LogP contribution >= 0.6 is 11.6 Å². The Bertz CT molecular complexity index is 820. The number of fused-ring (bicyclic) bond motifs is 1. The molecular formula is C19H19ClN2O4. The first-order chi connectivity index (χ1) is 12.3. The van der Waals surface area contributed by atoms with Crippen molar-refractivity contribution in [1.82, 2.24) is 4.90 Å². The summed E-state index contributed by atoms with van der Waals surface area (Å²) in [6.07, 6.45) is 4.84. The van der Waals surface area contributed by atoms with Crippen LogP contribution in [0.2, 0.25) is 0 Å². The fraction of sp³-hybridized carbons (Fsp3) is 0.316. The van der Waals surface area contributed by atoms with E-state index in [1.54, 1.807) is 55.5 Å². The predicted octanol–water partition coefficient (Wildman–Crippen LogP) is 1.49. The lowest BCUT2D eigenvalue weighted by Gasteiger charge is -2.43. The summed E-state index contributed by atoms with van der Waals surface area (Å²) in [6, 6.07) is 8.59. The number of carbonyl (C=O) groups excluding carboxylic acids is 3. The van der Waals surface area contributed by atoms with Crippen LogP contribution in [-0.4, -0.2) is 52.2 Å². The molecule has 0 aromatic heterocycles. The highest BCUT2D eigenvalue weighted by Crippen LogP contribution is 2.38. The molecule has 1 aromatic rings. The zero-order valence-corrected chi connectivity index (χ0v) is 15.2. The van der Waals surface area contributed by atoms with Gasteiger partial charge in [-0.05, 0) is 25.1 Å². The van der Waals surface area contributed by atoms with Gasteiger partial charge in [0.25, 0.3) is 17.4 Å². The molecule has 2 amide bonds. The minimum atomic E-state index is -2.80. The number of halogens is 1. The molecule has 3 atom stereocenters. The van der Waals surface area contributed by atoms with Gasteiger partial charge >= 0.3 is 0 Å². The molecule has 0 bridgehead atoms. The van der Waals surface area contributed by atoms with Crippen LogP contribution in [-0.2, 0) is 14.4 Å². The standard InChI is InChI=1S/C19H19ClN2O4/c1-3-22(12-8-5-4-6-9-12)18(25)19(26)16(23)15-13(20)10-7-11-14(15)21(2)17(19)24/h4-11,13,15,26H,3H2,1-2H3. The quantitative estimate of drug-likeness (QED) is 0.642. The maximum Gasteiger partial charge on any atom is 0.282 e. The third-order valence-electron chi connectivity index (χ3n) is 4.78. The molecule has 3 rings (SSSR count). The fourth-order valence-electron chi connectivity index (χ4n) is 3.37. The van der Waals surface area contributed by atoms with Gasteiger partial charge in [-0.2, -0.15) is 0 Å². The van der Waals surface area contributed by atoms with Crippen molar-refractivity contribution in [3.8, 4) is 0 Å². The minimum Gasteiger partial charge on any atom is -0.366 e. The lowest BCUT2D eigenvalue weighted by Crippen LogP contribution is -2.69. The highest BCUT2D eigenvalue weighted by molar-refractivity contribution is 6.34. The Kier molecular flexibility index (Phi) is 4.73. The van der Waals surface area contributed by atoms with Crippen molar-refractivity contribution in [3.05, 3.63) is 54.3 Å². The first kappa shape index (κ1) is 18.4. The number of alkyl halides is 1.